The number of nitrogens with one attached hydrogen (secondary N) is 1. The smallest absolute Gasteiger partial charge is 0.412 e. The van der Waals surface area contributed by atoms with Gasteiger partial charge in [0.25, 0.3) is 0 Å². The van der Waals surface area contributed by atoms with E-state index in [1.54, 1.807) is 36.4 Å². The highest BCUT2D eigenvalue weighted by molar-refractivity contribution is 7.73. The summed E-state index contributed by atoms with van der Waals surface area (Å²) in [7, 11) is -4.43. The van der Waals surface area contributed by atoms with E-state index in [1.165, 1.54) is 24.3 Å². The van der Waals surface area contributed by atoms with Crippen LogP contribution < -0.4 is 9.05 Å². The van der Waals surface area contributed by atoms with Gasteiger partial charge in [0.05, 0.1) is 0 Å². The van der Waals surface area contributed by atoms with Crippen molar-refractivity contribution in [3.05, 3.63) is 60.7 Å². The second kappa shape index (κ2) is 6.69. The molecule has 2 rings (SSSR count). The lowest BCUT2D eigenvalue weighted by atomic mass is 10.3. The van der Waals surface area contributed by atoms with Crippen molar-refractivity contribution in [1.29, 1.82) is 5.41 Å². The van der Waals surface area contributed by atoms with Gasteiger partial charge in [-0.05, 0) is 24.3 Å². The van der Waals surface area contributed by atoms with Crippen LogP contribution in [0.5, 0.6) is 11.5 Å². The molecule has 0 aliphatic carbocycles. The van der Waals surface area contributed by atoms with E-state index in [0.29, 0.717) is 0 Å². The molecule has 2 aromatic rings. The fraction of sp³-hybridized carbons (Fsp3) is 0.0714. The highest BCUT2D eigenvalue weighted by Gasteiger charge is 2.48. The van der Waals surface area contributed by atoms with Crippen LogP contribution in [0.1, 0.15) is 0 Å². The quantitative estimate of drug-likeness (QED) is 0.424. The number of rotatable bonds is 6. The number of hydrogen-bond acceptors (Lipinski definition) is 4. The van der Waals surface area contributed by atoms with Gasteiger partial charge in [-0.2, -0.15) is 0 Å². The van der Waals surface area contributed by atoms with Crippen LogP contribution in [0.3, 0.4) is 0 Å². The van der Waals surface area contributed by atoms with Crippen LogP contribution in [-0.2, 0) is 4.57 Å². The molecule has 0 aliphatic heterocycles. The Hall–Kier alpha value is -1.55. The number of hydrogen-bond donors (Lipinski definition) is 1. The summed E-state index contributed by atoms with van der Waals surface area (Å²) in [6.45, 7) is 0. The molecule has 0 aromatic heterocycles. The maximum atomic E-state index is 13.7. The molecule has 0 atom stereocenters. The molecule has 22 heavy (non-hydrogen) atoms. The third kappa shape index (κ3) is 4.23. The monoisotopic (exact) mass is 361 g/mol. The zero-order chi connectivity index (χ0) is 16.2. The van der Waals surface area contributed by atoms with Crippen molar-refractivity contribution in [1.82, 2.24) is 0 Å². The SMILES string of the molecule is N=C(C(F)(Cl)Cl)P(=O)(Oc1ccccc1)Oc1ccccc1. The largest absolute Gasteiger partial charge is 0.482 e. The number of para-hydroxylation sites is 2. The Balaban J connectivity index is 2.36. The van der Waals surface area contributed by atoms with Crippen molar-refractivity contribution in [2.45, 2.75) is 4.59 Å². The standard InChI is InChI=1S/C14H11Cl2FNO3P/c15-14(16,17)13(18)22(19,20-11-7-3-1-4-8-11)21-12-9-5-2-6-10-12/h1-10,18H. The minimum atomic E-state index is -4.43. The predicted molar refractivity (Wildman–Crippen MR) is 85.0 cm³/mol. The Labute approximate surface area is 136 Å². The second-order valence-electron chi connectivity index (χ2n) is 4.15. The van der Waals surface area contributed by atoms with Crippen LogP contribution in [0.15, 0.2) is 60.7 Å². The third-order valence-electron chi connectivity index (χ3n) is 2.48. The van der Waals surface area contributed by atoms with E-state index in [9.17, 15) is 8.96 Å². The molecule has 1 N–H and O–H groups in total. The summed E-state index contributed by atoms with van der Waals surface area (Å²) < 4.78 is 33.7. The molecule has 2 aromatic carbocycles. The van der Waals surface area contributed by atoms with Gasteiger partial charge in [0.15, 0.2) is 0 Å². The van der Waals surface area contributed by atoms with E-state index in [0.717, 1.165) is 0 Å². The van der Waals surface area contributed by atoms with E-state index in [1.807, 2.05) is 0 Å². The van der Waals surface area contributed by atoms with Crippen LogP contribution in [0.4, 0.5) is 4.39 Å². The van der Waals surface area contributed by atoms with Crippen LogP contribution >= 0.6 is 30.8 Å². The molecule has 0 saturated heterocycles. The first-order valence-electron chi connectivity index (χ1n) is 6.07. The Morgan fingerprint density at radius 3 is 1.64 bits per heavy atom. The molecule has 0 radical (unpaired) electrons. The average molecular weight is 362 g/mol. The molecule has 8 heteroatoms. The van der Waals surface area contributed by atoms with Gasteiger partial charge in [0.2, 0.25) is 5.45 Å². The van der Waals surface area contributed by atoms with Crippen LogP contribution in [-0.4, -0.2) is 10.0 Å². The molecule has 0 fully saturated rings. The van der Waals surface area contributed by atoms with E-state index in [4.69, 9.17) is 37.7 Å². The molecular weight excluding hydrogens is 351 g/mol. The van der Waals surface area contributed by atoms with Gasteiger partial charge in [-0.15, -0.1) is 0 Å². The lowest BCUT2D eigenvalue weighted by molar-refractivity contribution is 0.395. The lowest BCUT2D eigenvalue weighted by Crippen LogP contribution is -2.24. The maximum Gasteiger partial charge on any atom is 0.482 e. The summed E-state index contributed by atoms with van der Waals surface area (Å²) in [5.41, 5.74) is -1.20. The topological polar surface area (TPSA) is 59.4 Å². The predicted octanol–water partition coefficient (Wildman–Crippen LogP) is 5.42. The first-order valence-corrected chi connectivity index (χ1v) is 8.37. The molecule has 0 saturated carbocycles. The molecule has 0 amide bonds. The van der Waals surface area contributed by atoms with Gasteiger partial charge in [-0.1, -0.05) is 59.6 Å². The Kier molecular flexibility index (Phi) is 5.12. The molecule has 0 aliphatic rings. The van der Waals surface area contributed by atoms with E-state index in [2.05, 4.69) is 0 Å². The molecule has 0 spiro atoms. The summed E-state index contributed by atoms with van der Waals surface area (Å²) >= 11 is 10.5. The summed E-state index contributed by atoms with van der Waals surface area (Å²) in [4.78, 5) is 0. The van der Waals surface area contributed by atoms with Crippen molar-refractivity contribution in [2.75, 3.05) is 0 Å². The van der Waals surface area contributed by atoms with Crippen molar-refractivity contribution >= 4 is 36.3 Å². The zero-order valence-corrected chi connectivity index (χ0v) is 13.5. The molecular formula is C14H11Cl2FNO3P. The minimum Gasteiger partial charge on any atom is -0.412 e. The summed E-state index contributed by atoms with van der Waals surface area (Å²) in [5, 5.41) is 7.64. The normalized spacial score (nSPS) is 11.8. The summed E-state index contributed by atoms with van der Waals surface area (Å²) in [5.74, 6) is 0.258. The summed E-state index contributed by atoms with van der Waals surface area (Å²) in [6, 6.07) is 15.8. The summed E-state index contributed by atoms with van der Waals surface area (Å²) in [6.07, 6.45) is 0. The third-order valence-corrected chi connectivity index (χ3v) is 4.88. The average Bonchev–Trinajstić information content (AvgIpc) is 2.47. The van der Waals surface area contributed by atoms with Crippen LogP contribution in [0.2, 0.25) is 0 Å². The van der Waals surface area contributed by atoms with Crippen molar-refractivity contribution in [3.63, 3.8) is 0 Å². The minimum absolute atomic E-state index is 0.129. The van der Waals surface area contributed by atoms with Gasteiger partial charge < -0.3 is 9.05 Å². The zero-order valence-electron chi connectivity index (χ0n) is 11.1. The second-order valence-corrected chi connectivity index (χ2v) is 7.19. The van der Waals surface area contributed by atoms with E-state index >= 15 is 0 Å². The van der Waals surface area contributed by atoms with E-state index in [-0.39, 0.29) is 11.5 Å². The first kappa shape index (κ1) is 16.8. The fourth-order valence-corrected chi connectivity index (χ4v) is 3.46. The van der Waals surface area contributed by atoms with Crippen molar-refractivity contribution < 1.29 is 18.0 Å². The first-order chi connectivity index (χ1) is 10.3. The van der Waals surface area contributed by atoms with Crippen LogP contribution in [0, 0.1) is 5.41 Å². The number of benzene rings is 2. The highest BCUT2D eigenvalue weighted by atomic mass is 35.5. The van der Waals surface area contributed by atoms with Crippen molar-refractivity contribution in [2.24, 2.45) is 0 Å². The van der Waals surface area contributed by atoms with Crippen LogP contribution in [0.25, 0.3) is 0 Å². The lowest BCUT2D eigenvalue weighted by Gasteiger charge is -2.22. The Bertz CT molecular complexity index is 647. The maximum absolute atomic E-state index is 13.7. The van der Waals surface area contributed by atoms with E-state index < -0.39 is 17.6 Å². The van der Waals surface area contributed by atoms with Crippen molar-refractivity contribution in [3.8, 4) is 11.5 Å². The molecule has 0 bridgehead atoms. The Morgan fingerprint density at radius 1 is 0.955 bits per heavy atom. The molecule has 116 valence electrons. The van der Waals surface area contributed by atoms with Gasteiger partial charge in [-0.3, -0.25) is 5.41 Å². The highest BCUT2D eigenvalue weighted by Crippen LogP contribution is 2.54. The number of halogens is 3. The molecule has 0 unspecified atom stereocenters. The fourth-order valence-electron chi connectivity index (χ4n) is 1.51. The van der Waals surface area contributed by atoms with Gasteiger partial charge in [0.1, 0.15) is 11.5 Å². The van der Waals surface area contributed by atoms with Gasteiger partial charge in [-0.25, -0.2) is 8.96 Å². The van der Waals surface area contributed by atoms with Gasteiger partial charge in [0, 0.05) is 0 Å². The molecule has 0 heterocycles. The van der Waals surface area contributed by atoms with Gasteiger partial charge >= 0.3 is 12.2 Å². The molecule has 4 nitrogen and oxygen atoms in total. The number of alkyl halides is 3. The Morgan fingerprint density at radius 2 is 1.32 bits per heavy atom.